The van der Waals surface area contributed by atoms with Gasteiger partial charge in [-0.05, 0) is 49.2 Å². The van der Waals surface area contributed by atoms with Crippen molar-refractivity contribution >= 4 is 38.6 Å². The first kappa shape index (κ1) is 19.6. The van der Waals surface area contributed by atoms with Crippen LogP contribution in [0.25, 0.3) is 11.0 Å². The van der Waals surface area contributed by atoms with Gasteiger partial charge in [0.05, 0.1) is 5.39 Å². The fourth-order valence-electron chi connectivity index (χ4n) is 3.90. The van der Waals surface area contributed by atoms with Crippen molar-refractivity contribution < 1.29 is 4.79 Å². The second kappa shape index (κ2) is 8.32. The summed E-state index contributed by atoms with van der Waals surface area (Å²) in [5.74, 6) is -0.352. The molecule has 8 heteroatoms. The molecule has 3 aromatic rings. The lowest BCUT2D eigenvalue weighted by Crippen LogP contribution is -2.44. The Morgan fingerprint density at radius 3 is 2.55 bits per heavy atom. The quantitative estimate of drug-likeness (QED) is 0.650. The number of nitrogens with one attached hydrogen (secondary N) is 1. The smallest absolute Gasteiger partial charge is 0.325 e. The number of fused-ring (bicyclic) bond motifs is 1. The third-order valence-electron chi connectivity index (χ3n) is 5.30. The molecule has 0 bridgehead atoms. The molecule has 1 aromatic carbocycles. The number of carbonyl (C=O) groups is 1. The van der Waals surface area contributed by atoms with Crippen molar-refractivity contribution in [1.29, 1.82) is 0 Å². The van der Waals surface area contributed by atoms with Crippen LogP contribution in [0.1, 0.15) is 38.1 Å². The highest BCUT2D eigenvalue weighted by molar-refractivity contribution is 9.10. The summed E-state index contributed by atoms with van der Waals surface area (Å²) in [4.78, 5) is 43.1. The molecule has 0 radical (unpaired) electrons. The molecule has 1 fully saturated rings. The maximum atomic E-state index is 13.2. The minimum atomic E-state index is -0.473. The standard InChI is InChI=1S/C21H21BrN4O3/c22-14-8-10-15(11-9-14)24-18(27)13-25-19-17(7-4-12-23-19)20(28)26(21(25)29)16-5-2-1-3-6-16/h4,7-12,16H,1-3,5-6,13H2,(H,24,27). The number of benzene rings is 1. The van der Waals surface area contributed by atoms with E-state index in [9.17, 15) is 14.4 Å². The average Bonchev–Trinajstić information content (AvgIpc) is 2.74. The number of aromatic nitrogens is 3. The van der Waals surface area contributed by atoms with Gasteiger partial charge in [-0.3, -0.25) is 18.7 Å². The van der Waals surface area contributed by atoms with E-state index in [1.807, 2.05) is 12.1 Å². The van der Waals surface area contributed by atoms with Crippen LogP contribution in [0.5, 0.6) is 0 Å². The van der Waals surface area contributed by atoms with E-state index in [-0.39, 0.29) is 29.7 Å². The summed E-state index contributed by atoms with van der Waals surface area (Å²) in [6.45, 7) is -0.213. The van der Waals surface area contributed by atoms with Crippen LogP contribution in [0.4, 0.5) is 5.69 Å². The number of hydrogen-bond donors (Lipinski definition) is 1. The lowest BCUT2D eigenvalue weighted by molar-refractivity contribution is -0.116. The zero-order chi connectivity index (χ0) is 20.4. The van der Waals surface area contributed by atoms with Gasteiger partial charge in [-0.1, -0.05) is 35.2 Å². The molecular formula is C21H21BrN4O3. The van der Waals surface area contributed by atoms with Crippen LogP contribution >= 0.6 is 15.9 Å². The van der Waals surface area contributed by atoms with Crippen LogP contribution in [0.2, 0.25) is 0 Å². The molecule has 2 aromatic heterocycles. The number of nitrogens with zero attached hydrogens (tertiary/aromatic N) is 3. The van der Waals surface area contributed by atoms with E-state index >= 15 is 0 Å². The van der Waals surface area contributed by atoms with Gasteiger partial charge in [-0.2, -0.15) is 0 Å². The first-order chi connectivity index (χ1) is 14.0. The molecule has 0 saturated heterocycles. The Kier molecular flexibility index (Phi) is 5.62. The van der Waals surface area contributed by atoms with Crippen LogP contribution in [-0.2, 0) is 11.3 Å². The first-order valence-electron chi connectivity index (χ1n) is 9.70. The van der Waals surface area contributed by atoms with Crippen molar-refractivity contribution in [2.24, 2.45) is 0 Å². The summed E-state index contributed by atoms with van der Waals surface area (Å²) in [6.07, 6.45) is 6.22. The highest BCUT2D eigenvalue weighted by Crippen LogP contribution is 2.26. The average molecular weight is 457 g/mol. The minimum Gasteiger partial charge on any atom is -0.325 e. The van der Waals surface area contributed by atoms with Crippen molar-refractivity contribution in [1.82, 2.24) is 14.1 Å². The topological polar surface area (TPSA) is 86.0 Å². The molecule has 150 valence electrons. The molecule has 7 nitrogen and oxygen atoms in total. The predicted molar refractivity (Wildman–Crippen MR) is 115 cm³/mol. The number of rotatable bonds is 4. The summed E-state index contributed by atoms with van der Waals surface area (Å²) >= 11 is 3.36. The van der Waals surface area contributed by atoms with E-state index in [2.05, 4.69) is 26.2 Å². The highest BCUT2D eigenvalue weighted by Gasteiger charge is 2.23. The lowest BCUT2D eigenvalue weighted by Gasteiger charge is -2.24. The summed E-state index contributed by atoms with van der Waals surface area (Å²) < 4.78 is 3.54. The molecule has 1 aliphatic rings. The Bertz CT molecular complexity index is 1160. The molecule has 1 amide bonds. The molecule has 1 aliphatic carbocycles. The third-order valence-corrected chi connectivity index (χ3v) is 5.83. The molecule has 1 saturated carbocycles. The molecule has 2 heterocycles. The van der Waals surface area contributed by atoms with Crippen LogP contribution < -0.4 is 16.6 Å². The summed E-state index contributed by atoms with van der Waals surface area (Å²) in [7, 11) is 0. The van der Waals surface area contributed by atoms with Crippen LogP contribution in [0.15, 0.2) is 56.7 Å². The fraction of sp³-hybridized carbons (Fsp3) is 0.333. The number of carbonyl (C=O) groups excluding carboxylic acids is 1. The minimum absolute atomic E-state index is 0.130. The van der Waals surface area contributed by atoms with Crippen molar-refractivity contribution in [3.63, 3.8) is 0 Å². The number of halogens is 1. The zero-order valence-electron chi connectivity index (χ0n) is 15.8. The molecule has 1 N–H and O–H groups in total. The monoisotopic (exact) mass is 456 g/mol. The summed E-state index contributed by atoms with van der Waals surface area (Å²) in [6, 6.07) is 10.4. The van der Waals surface area contributed by atoms with Gasteiger partial charge < -0.3 is 5.32 Å². The molecular weight excluding hydrogens is 436 g/mol. The van der Waals surface area contributed by atoms with E-state index in [0.717, 1.165) is 36.6 Å². The first-order valence-corrected chi connectivity index (χ1v) is 10.5. The molecule has 29 heavy (non-hydrogen) atoms. The van der Waals surface area contributed by atoms with Crippen molar-refractivity contribution in [2.75, 3.05) is 5.32 Å². The number of pyridine rings is 1. The van der Waals surface area contributed by atoms with Gasteiger partial charge in [0.2, 0.25) is 5.91 Å². The van der Waals surface area contributed by atoms with E-state index in [0.29, 0.717) is 11.1 Å². The van der Waals surface area contributed by atoms with Gasteiger partial charge in [0.25, 0.3) is 5.56 Å². The maximum absolute atomic E-state index is 13.2. The summed E-state index contributed by atoms with van der Waals surface area (Å²) in [5.41, 5.74) is 0.0678. The molecule has 0 atom stereocenters. The Hall–Kier alpha value is -2.74. The largest absolute Gasteiger partial charge is 0.333 e. The van der Waals surface area contributed by atoms with Gasteiger partial charge in [-0.25, -0.2) is 9.78 Å². The van der Waals surface area contributed by atoms with Crippen LogP contribution in [0, 0.1) is 0 Å². The molecule has 0 spiro atoms. The van der Waals surface area contributed by atoms with Gasteiger partial charge in [0.15, 0.2) is 0 Å². The van der Waals surface area contributed by atoms with Gasteiger partial charge >= 0.3 is 5.69 Å². The van der Waals surface area contributed by atoms with E-state index in [4.69, 9.17) is 0 Å². The number of hydrogen-bond acceptors (Lipinski definition) is 4. The second-order valence-electron chi connectivity index (χ2n) is 7.27. The molecule has 0 unspecified atom stereocenters. The Morgan fingerprint density at radius 1 is 1.10 bits per heavy atom. The van der Waals surface area contributed by atoms with Gasteiger partial charge in [0.1, 0.15) is 12.2 Å². The van der Waals surface area contributed by atoms with Crippen molar-refractivity contribution in [2.45, 2.75) is 44.7 Å². The lowest BCUT2D eigenvalue weighted by atomic mass is 9.95. The molecule has 0 aliphatic heterocycles. The number of amides is 1. The van der Waals surface area contributed by atoms with E-state index < -0.39 is 5.69 Å². The second-order valence-corrected chi connectivity index (χ2v) is 8.18. The zero-order valence-corrected chi connectivity index (χ0v) is 17.4. The normalized spacial score (nSPS) is 14.8. The van der Waals surface area contributed by atoms with Gasteiger partial charge in [0, 0.05) is 22.4 Å². The molecule has 4 rings (SSSR count). The number of anilines is 1. The Balaban J connectivity index is 1.74. The maximum Gasteiger partial charge on any atom is 0.333 e. The van der Waals surface area contributed by atoms with Gasteiger partial charge in [-0.15, -0.1) is 0 Å². The third kappa shape index (κ3) is 4.03. The van der Waals surface area contributed by atoms with Crippen molar-refractivity contribution in [3.8, 4) is 0 Å². The Labute approximate surface area is 175 Å². The highest BCUT2D eigenvalue weighted by atomic mass is 79.9. The van der Waals surface area contributed by atoms with E-state index in [1.54, 1.807) is 24.3 Å². The van der Waals surface area contributed by atoms with Crippen LogP contribution in [-0.4, -0.2) is 20.0 Å². The van der Waals surface area contributed by atoms with Crippen molar-refractivity contribution in [3.05, 3.63) is 67.9 Å². The van der Waals surface area contributed by atoms with Crippen LogP contribution in [0.3, 0.4) is 0 Å². The fourth-order valence-corrected chi connectivity index (χ4v) is 4.16. The SMILES string of the molecule is O=C(Cn1c(=O)n(C2CCCCC2)c(=O)c2cccnc21)Nc1ccc(Br)cc1. The predicted octanol–water partition coefficient (Wildman–Crippen LogP) is 3.46. The van der Waals surface area contributed by atoms with E-state index in [1.165, 1.54) is 15.3 Å². The Morgan fingerprint density at radius 2 is 1.83 bits per heavy atom. The summed E-state index contributed by atoms with van der Waals surface area (Å²) in [5, 5.41) is 3.14.